The average Bonchev–Trinajstić information content (AvgIpc) is 2.43. The molecule has 1 heterocycles. The van der Waals surface area contributed by atoms with Gasteiger partial charge in [-0.25, -0.2) is 4.39 Å². The van der Waals surface area contributed by atoms with Gasteiger partial charge in [0.15, 0.2) is 0 Å². The molecule has 0 unspecified atom stereocenters. The van der Waals surface area contributed by atoms with E-state index in [9.17, 15) is 4.39 Å². The first-order valence-electron chi connectivity index (χ1n) is 5.94. The molecule has 0 saturated carbocycles. The summed E-state index contributed by atoms with van der Waals surface area (Å²) in [5, 5.41) is 0.0646. The van der Waals surface area contributed by atoms with Crippen molar-refractivity contribution < 1.29 is 9.13 Å². The first-order chi connectivity index (χ1) is 9.10. The van der Waals surface area contributed by atoms with Crippen molar-refractivity contribution >= 4 is 11.6 Å². The number of aromatic nitrogens is 1. The summed E-state index contributed by atoms with van der Waals surface area (Å²) < 4.78 is 18.7. The molecular weight excluding hydrogens is 267 g/mol. The molecule has 0 aliphatic heterocycles. The Balaban J connectivity index is 2.12. The minimum absolute atomic E-state index is 0.0646. The Morgan fingerprint density at radius 1 is 1.32 bits per heavy atom. The molecule has 0 aliphatic rings. The topological polar surface area (TPSA) is 48.1 Å². The molecule has 2 N–H and O–H groups in total. The van der Waals surface area contributed by atoms with Gasteiger partial charge in [0.05, 0.1) is 16.9 Å². The van der Waals surface area contributed by atoms with Crippen LogP contribution in [0, 0.1) is 5.82 Å². The first kappa shape index (κ1) is 13.8. The second kappa shape index (κ2) is 5.99. The molecule has 0 spiro atoms. The third-order valence-corrected chi connectivity index (χ3v) is 3.01. The maximum absolute atomic E-state index is 13.3. The quantitative estimate of drug-likeness (QED) is 0.918. The van der Waals surface area contributed by atoms with E-state index in [1.54, 1.807) is 24.4 Å². The Morgan fingerprint density at radius 2 is 2.05 bits per heavy atom. The predicted octanol–water partition coefficient (Wildman–Crippen LogP) is 4.08. The lowest BCUT2D eigenvalue weighted by Crippen LogP contribution is -2.10. The van der Waals surface area contributed by atoms with Crippen LogP contribution in [0.2, 0.25) is 5.02 Å². The summed E-state index contributed by atoms with van der Waals surface area (Å²) in [7, 11) is 0. The molecule has 1 atom stereocenters. The van der Waals surface area contributed by atoms with E-state index in [0.717, 1.165) is 12.1 Å². The number of hydrogen-bond acceptors (Lipinski definition) is 3. The van der Waals surface area contributed by atoms with E-state index in [1.807, 2.05) is 6.92 Å². The Hall–Kier alpha value is -1.65. The third kappa shape index (κ3) is 3.43. The maximum Gasteiger partial charge on any atom is 0.145 e. The normalized spacial score (nSPS) is 12.2. The monoisotopic (exact) mass is 280 g/mol. The molecule has 0 aliphatic carbocycles. The van der Waals surface area contributed by atoms with Crippen molar-refractivity contribution in [3.05, 3.63) is 53.1 Å². The van der Waals surface area contributed by atoms with Crippen molar-refractivity contribution in [1.82, 2.24) is 4.98 Å². The smallest absolute Gasteiger partial charge is 0.145 e. The van der Waals surface area contributed by atoms with E-state index < -0.39 is 5.82 Å². The predicted molar refractivity (Wildman–Crippen MR) is 72.9 cm³/mol. The van der Waals surface area contributed by atoms with Crippen molar-refractivity contribution in [2.24, 2.45) is 5.73 Å². The molecule has 2 aromatic rings. The van der Waals surface area contributed by atoms with Gasteiger partial charge >= 0.3 is 0 Å². The number of ether oxygens (including phenoxy) is 1. The van der Waals surface area contributed by atoms with Crippen LogP contribution in [0.3, 0.4) is 0 Å². The molecule has 0 amide bonds. The van der Waals surface area contributed by atoms with Gasteiger partial charge in [-0.2, -0.15) is 0 Å². The molecule has 0 radical (unpaired) electrons. The molecule has 100 valence electrons. The minimum atomic E-state index is -0.517. The van der Waals surface area contributed by atoms with Crippen molar-refractivity contribution in [2.45, 2.75) is 19.4 Å². The van der Waals surface area contributed by atoms with Crippen LogP contribution in [0.5, 0.6) is 11.5 Å². The molecule has 0 saturated heterocycles. The van der Waals surface area contributed by atoms with Gasteiger partial charge < -0.3 is 10.5 Å². The zero-order valence-corrected chi connectivity index (χ0v) is 11.2. The third-order valence-electron chi connectivity index (χ3n) is 2.71. The van der Waals surface area contributed by atoms with Crippen LogP contribution in [-0.4, -0.2) is 4.98 Å². The lowest BCUT2D eigenvalue weighted by atomic mass is 10.1. The Kier molecular flexibility index (Phi) is 4.35. The van der Waals surface area contributed by atoms with Crippen LogP contribution in [-0.2, 0) is 0 Å². The molecule has 5 heteroatoms. The maximum atomic E-state index is 13.3. The molecule has 19 heavy (non-hydrogen) atoms. The molecule has 1 aromatic carbocycles. The van der Waals surface area contributed by atoms with Gasteiger partial charge in [-0.05, 0) is 30.7 Å². The summed E-state index contributed by atoms with van der Waals surface area (Å²) >= 11 is 5.60. The van der Waals surface area contributed by atoms with Crippen LogP contribution < -0.4 is 10.5 Å². The summed E-state index contributed by atoms with van der Waals surface area (Å²) in [5.41, 5.74) is 6.67. The van der Waals surface area contributed by atoms with E-state index in [2.05, 4.69) is 4.98 Å². The SMILES string of the molecule is CC[C@@H](N)c1ccc(Oc2ccc(Cl)c(F)c2)cn1. The summed E-state index contributed by atoms with van der Waals surface area (Å²) in [6, 6.07) is 7.74. The van der Waals surface area contributed by atoms with E-state index in [4.69, 9.17) is 22.1 Å². The van der Waals surface area contributed by atoms with Crippen LogP contribution in [0.25, 0.3) is 0 Å². The second-order valence-electron chi connectivity index (χ2n) is 4.11. The van der Waals surface area contributed by atoms with Crippen molar-refractivity contribution in [2.75, 3.05) is 0 Å². The van der Waals surface area contributed by atoms with E-state index >= 15 is 0 Å². The van der Waals surface area contributed by atoms with Gasteiger partial charge in [0.25, 0.3) is 0 Å². The highest BCUT2D eigenvalue weighted by molar-refractivity contribution is 6.30. The largest absolute Gasteiger partial charge is 0.456 e. The minimum Gasteiger partial charge on any atom is -0.456 e. The zero-order chi connectivity index (χ0) is 13.8. The number of halogens is 2. The highest BCUT2D eigenvalue weighted by atomic mass is 35.5. The van der Waals surface area contributed by atoms with Crippen molar-refractivity contribution in [1.29, 1.82) is 0 Å². The molecule has 0 fully saturated rings. The standard InChI is InChI=1S/C14H14ClFN2O/c1-2-13(17)14-6-4-10(8-18-14)19-9-3-5-11(15)12(16)7-9/h3-8,13H,2,17H2,1H3/t13-/m1/s1. The molecule has 1 aromatic heterocycles. The number of rotatable bonds is 4. The highest BCUT2D eigenvalue weighted by Crippen LogP contribution is 2.25. The Labute approximate surface area is 116 Å². The average molecular weight is 281 g/mol. The van der Waals surface area contributed by atoms with Gasteiger partial charge in [-0.3, -0.25) is 4.98 Å². The fourth-order valence-electron chi connectivity index (χ4n) is 1.56. The van der Waals surface area contributed by atoms with E-state index in [0.29, 0.717) is 11.5 Å². The summed E-state index contributed by atoms with van der Waals surface area (Å²) in [6.45, 7) is 1.99. The number of pyridine rings is 1. The summed E-state index contributed by atoms with van der Waals surface area (Å²) in [5.74, 6) is 0.377. The number of hydrogen-bond donors (Lipinski definition) is 1. The lowest BCUT2D eigenvalue weighted by Gasteiger charge is -2.09. The van der Waals surface area contributed by atoms with Crippen LogP contribution in [0.15, 0.2) is 36.5 Å². The fourth-order valence-corrected chi connectivity index (χ4v) is 1.67. The second-order valence-corrected chi connectivity index (χ2v) is 4.52. The van der Waals surface area contributed by atoms with Crippen LogP contribution in [0.4, 0.5) is 4.39 Å². The van der Waals surface area contributed by atoms with Crippen molar-refractivity contribution in [3.63, 3.8) is 0 Å². The fraction of sp³-hybridized carbons (Fsp3) is 0.214. The lowest BCUT2D eigenvalue weighted by molar-refractivity contribution is 0.473. The summed E-state index contributed by atoms with van der Waals surface area (Å²) in [4.78, 5) is 4.22. The first-order valence-corrected chi connectivity index (χ1v) is 6.32. The zero-order valence-electron chi connectivity index (χ0n) is 10.4. The number of nitrogens with zero attached hydrogens (tertiary/aromatic N) is 1. The van der Waals surface area contributed by atoms with Gasteiger partial charge in [-0.1, -0.05) is 18.5 Å². The molecule has 0 bridgehead atoms. The number of benzene rings is 1. The van der Waals surface area contributed by atoms with Gasteiger partial charge in [-0.15, -0.1) is 0 Å². The number of nitrogens with two attached hydrogens (primary N) is 1. The Morgan fingerprint density at radius 3 is 2.63 bits per heavy atom. The van der Waals surface area contributed by atoms with Crippen LogP contribution >= 0.6 is 11.6 Å². The Bertz CT molecular complexity index is 560. The highest BCUT2D eigenvalue weighted by Gasteiger charge is 2.06. The van der Waals surface area contributed by atoms with Gasteiger partial charge in [0.1, 0.15) is 17.3 Å². The molecule has 3 nitrogen and oxygen atoms in total. The molecule has 2 rings (SSSR count). The van der Waals surface area contributed by atoms with E-state index in [-0.39, 0.29) is 11.1 Å². The summed E-state index contributed by atoms with van der Waals surface area (Å²) in [6.07, 6.45) is 2.38. The van der Waals surface area contributed by atoms with E-state index in [1.165, 1.54) is 12.1 Å². The van der Waals surface area contributed by atoms with Gasteiger partial charge in [0, 0.05) is 12.1 Å². The van der Waals surface area contributed by atoms with Crippen LogP contribution in [0.1, 0.15) is 25.1 Å². The van der Waals surface area contributed by atoms with Crippen molar-refractivity contribution in [3.8, 4) is 11.5 Å². The molecular formula is C14H14ClFN2O. The van der Waals surface area contributed by atoms with Gasteiger partial charge in [0.2, 0.25) is 0 Å².